The van der Waals surface area contributed by atoms with Crippen LogP contribution in [0.15, 0.2) is 0 Å². The molecular weight excluding hydrogens is 150 g/mol. The van der Waals surface area contributed by atoms with Gasteiger partial charge in [-0.1, -0.05) is 0 Å². The van der Waals surface area contributed by atoms with E-state index in [1.807, 2.05) is 0 Å². The molecule has 0 aromatic carbocycles. The van der Waals surface area contributed by atoms with Gasteiger partial charge in [-0.05, 0) is 56.5 Å². The third-order valence-corrected chi connectivity index (χ3v) is 3.73. The predicted molar refractivity (Wildman–Crippen MR) is 49.0 cm³/mol. The Morgan fingerprint density at radius 1 is 1.25 bits per heavy atom. The molecule has 2 fully saturated rings. The van der Waals surface area contributed by atoms with E-state index >= 15 is 0 Å². The van der Waals surface area contributed by atoms with Gasteiger partial charge in [-0.15, -0.1) is 0 Å². The zero-order valence-corrected chi connectivity index (χ0v) is 7.68. The lowest BCUT2D eigenvalue weighted by atomic mass is 9.77. The van der Waals surface area contributed by atoms with Crippen molar-refractivity contribution in [3.05, 3.63) is 0 Å². The SMILES string of the molecule is OCC1CCC2(CCNCC2)C1. The number of aliphatic hydroxyl groups is 1. The molecule has 0 aromatic rings. The van der Waals surface area contributed by atoms with Gasteiger partial charge in [0.2, 0.25) is 0 Å². The molecule has 2 N–H and O–H groups in total. The summed E-state index contributed by atoms with van der Waals surface area (Å²) < 4.78 is 0. The van der Waals surface area contributed by atoms with Gasteiger partial charge in [-0.25, -0.2) is 0 Å². The molecule has 1 saturated carbocycles. The fourth-order valence-electron chi connectivity index (χ4n) is 2.89. The van der Waals surface area contributed by atoms with Crippen molar-refractivity contribution >= 4 is 0 Å². The molecule has 70 valence electrons. The summed E-state index contributed by atoms with van der Waals surface area (Å²) >= 11 is 0. The van der Waals surface area contributed by atoms with Gasteiger partial charge in [0, 0.05) is 6.61 Å². The number of aliphatic hydroxyl groups excluding tert-OH is 1. The molecule has 2 nitrogen and oxygen atoms in total. The highest BCUT2D eigenvalue weighted by molar-refractivity contribution is 4.91. The molecule has 1 aliphatic heterocycles. The molecule has 1 aliphatic carbocycles. The molecule has 2 aliphatic rings. The zero-order valence-electron chi connectivity index (χ0n) is 7.68. The minimum atomic E-state index is 0.412. The van der Waals surface area contributed by atoms with Crippen LogP contribution in [0.5, 0.6) is 0 Å². The topological polar surface area (TPSA) is 32.3 Å². The van der Waals surface area contributed by atoms with Crippen molar-refractivity contribution in [2.75, 3.05) is 19.7 Å². The maximum Gasteiger partial charge on any atom is 0.0459 e. The minimum Gasteiger partial charge on any atom is -0.396 e. The van der Waals surface area contributed by atoms with Crippen LogP contribution in [0.3, 0.4) is 0 Å². The predicted octanol–water partition coefficient (Wildman–Crippen LogP) is 1.15. The second kappa shape index (κ2) is 3.35. The molecule has 2 heteroatoms. The third kappa shape index (κ3) is 1.50. The van der Waals surface area contributed by atoms with Gasteiger partial charge in [0.15, 0.2) is 0 Å². The molecule has 1 spiro atoms. The van der Waals surface area contributed by atoms with Gasteiger partial charge in [0.05, 0.1) is 0 Å². The van der Waals surface area contributed by atoms with Crippen LogP contribution >= 0.6 is 0 Å². The van der Waals surface area contributed by atoms with Gasteiger partial charge < -0.3 is 10.4 Å². The Bertz CT molecular complexity index is 152. The van der Waals surface area contributed by atoms with Crippen LogP contribution in [-0.4, -0.2) is 24.8 Å². The second-order valence-corrected chi connectivity index (χ2v) is 4.54. The summed E-state index contributed by atoms with van der Waals surface area (Å²) in [6.07, 6.45) is 6.58. The van der Waals surface area contributed by atoms with Crippen molar-refractivity contribution in [2.24, 2.45) is 11.3 Å². The Hall–Kier alpha value is -0.0800. The van der Waals surface area contributed by atoms with Crippen LogP contribution in [0, 0.1) is 11.3 Å². The molecule has 0 bridgehead atoms. The van der Waals surface area contributed by atoms with Crippen molar-refractivity contribution < 1.29 is 5.11 Å². The Morgan fingerprint density at radius 3 is 2.58 bits per heavy atom. The van der Waals surface area contributed by atoms with E-state index in [1.165, 1.54) is 45.2 Å². The van der Waals surface area contributed by atoms with E-state index in [0.717, 1.165) is 0 Å². The second-order valence-electron chi connectivity index (χ2n) is 4.54. The third-order valence-electron chi connectivity index (χ3n) is 3.73. The highest BCUT2D eigenvalue weighted by atomic mass is 16.3. The quantitative estimate of drug-likeness (QED) is 0.617. The summed E-state index contributed by atoms with van der Waals surface area (Å²) in [4.78, 5) is 0. The highest BCUT2D eigenvalue weighted by Crippen LogP contribution is 2.47. The van der Waals surface area contributed by atoms with Gasteiger partial charge in [0.25, 0.3) is 0 Å². The molecule has 2 rings (SSSR count). The lowest BCUT2D eigenvalue weighted by Gasteiger charge is -2.34. The van der Waals surface area contributed by atoms with Gasteiger partial charge >= 0.3 is 0 Å². The average Bonchev–Trinajstić information content (AvgIpc) is 2.50. The number of nitrogens with one attached hydrogen (secondary N) is 1. The number of hydrogen-bond donors (Lipinski definition) is 2. The van der Waals surface area contributed by atoms with Crippen LogP contribution in [0.1, 0.15) is 32.1 Å². The summed E-state index contributed by atoms with van der Waals surface area (Å²) in [7, 11) is 0. The first-order valence-corrected chi connectivity index (χ1v) is 5.16. The summed E-state index contributed by atoms with van der Waals surface area (Å²) in [6, 6.07) is 0. The normalized spacial score (nSPS) is 34.2. The molecule has 1 unspecified atom stereocenters. The first kappa shape index (κ1) is 8.52. The van der Waals surface area contributed by atoms with E-state index in [4.69, 9.17) is 5.11 Å². The summed E-state index contributed by atoms with van der Waals surface area (Å²) in [6.45, 7) is 2.80. The van der Waals surface area contributed by atoms with Crippen LogP contribution in [0.25, 0.3) is 0 Å². The van der Waals surface area contributed by atoms with E-state index in [0.29, 0.717) is 17.9 Å². The summed E-state index contributed by atoms with van der Waals surface area (Å²) in [5.41, 5.74) is 0.624. The van der Waals surface area contributed by atoms with Gasteiger partial charge in [0.1, 0.15) is 0 Å². The number of rotatable bonds is 1. The lowest BCUT2D eigenvalue weighted by Crippen LogP contribution is -2.35. The molecule has 12 heavy (non-hydrogen) atoms. The van der Waals surface area contributed by atoms with E-state index in [2.05, 4.69) is 5.32 Å². The molecule has 0 aromatic heterocycles. The summed E-state index contributed by atoms with van der Waals surface area (Å²) in [5.74, 6) is 0.614. The van der Waals surface area contributed by atoms with Crippen LogP contribution in [-0.2, 0) is 0 Å². The van der Waals surface area contributed by atoms with Crippen LogP contribution < -0.4 is 5.32 Å². The van der Waals surface area contributed by atoms with Crippen LogP contribution in [0.2, 0.25) is 0 Å². The number of piperidine rings is 1. The fourth-order valence-corrected chi connectivity index (χ4v) is 2.89. The van der Waals surface area contributed by atoms with E-state index in [1.54, 1.807) is 0 Å². The highest BCUT2D eigenvalue weighted by Gasteiger charge is 2.39. The summed E-state index contributed by atoms with van der Waals surface area (Å²) in [5, 5.41) is 12.5. The molecule has 0 radical (unpaired) electrons. The monoisotopic (exact) mass is 169 g/mol. The Balaban J connectivity index is 1.94. The smallest absolute Gasteiger partial charge is 0.0459 e. The van der Waals surface area contributed by atoms with Crippen molar-refractivity contribution in [2.45, 2.75) is 32.1 Å². The molecular formula is C10H19NO. The zero-order chi connectivity index (χ0) is 8.44. The Morgan fingerprint density at radius 2 is 2.00 bits per heavy atom. The largest absolute Gasteiger partial charge is 0.396 e. The first-order chi connectivity index (χ1) is 5.85. The minimum absolute atomic E-state index is 0.412. The van der Waals surface area contributed by atoms with E-state index < -0.39 is 0 Å². The van der Waals surface area contributed by atoms with Crippen LogP contribution in [0.4, 0.5) is 0 Å². The Kier molecular flexibility index (Phi) is 2.37. The van der Waals surface area contributed by atoms with Crippen molar-refractivity contribution in [3.8, 4) is 0 Å². The average molecular weight is 169 g/mol. The molecule has 1 heterocycles. The molecule has 1 atom stereocenters. The maximum absolute atomic E-state index is 9.06. The van der Waals surface area contributed by atoms with Gasteiger partial charge in [-0.3, -0.25) is 0 Å². The molecule has 1 saturated heterocycles. The van der Waals surface area contributed by atoms with Crippen molar-refractivity contribution in [1.29, 1.82) is 0 Å². The van der Waals surface area contributed by atoms with E-state index in [-0.39, 0.29) is 0 Å². The maximum atomic E-state index is 9.06. The fraction of sp³-hybridized carbons (Fsp3) is 1.00. The van der Waals surface area contributed by atoms with E-state index in [9.17, 15) is 0 Å². The van der Waals surface area contributed by atoms with Gasteiger partial charge in [-0.2, -0.15) is 0 Å². The Labute approximate surface area is 74.4 Å². The number of hydrogen-bond acceptors (Lipinski definition) is 2. The standard InChI is InChI=1S/C10H19NO/c12-8-9-1-2-10(7-9)3-5-11-6-4-10/h9,11-12H,1-8H2. The molecule has 0 amide bonds. The lowest BCUT2D eigenvalue weighted by molar-refractivity contribution is 0.176. The van der Waals surface area contributed by atoms with Crippen molar-refractivity contribution in [1.82, 2.24) is 5.32 Å². The first-order valence-electron chi connectivity index (χ1n) is 5.16. The van der Waals surface area contributed by atoms with Crippen molar-refractivity contribution in [3.63, 3.8) is 0 Å².